The second-order valence-corrected chi connectivity index (χ2v) is 3.97. The van der Waals surface area contributed by atoms with Crippen LogP contribution in [0.1, 0.15) is 12.8 Å². The molecule has 0 radical (unpaired) electrons. The first-order valence-corrected chi connectivity index (χ1v) is 4.89. The molecular formula is C9H13N3O3. The lowest BCUT2D eigenvalue weighted by Gasteiger charge is -2.35. The highest BCUT2D eigenvalue weighted by atomic mass is 16.2. The van der Waals surface area contributed by atoms with Gasteiger partial charge in [0.1, 0.15) is 5.41 Å². The van der Waals surface area contributed by atoms with Crippen LogP contribution in [0.2, 0.25) is 0 Å². The standard InChI is InChI=1S/C9H13N3O3/c1-11-6(13)9(2-3-9)7(14)12(5-4-10)8(11)15/h2-5,10H2,1H3. The van der Waals surface area contributed by atoms with Gasteiger partial charge in [-0.25, -0.2) is 4.79 Å². The largest absolute Gasteiger partial charge is 0.333 e. The summed E-state index contributed by atoms with van der Waals surface area (Å²) < 4.78 is 0. The summed E-state index contributed by atoms with van der Waals surface area (Å²) in [6.45, 7) is 0.395. The number of barbiturate groups is 1. The average Bonchev–Trinajstić information content (AvgIpc) is 3.01. The molecule has 1 aliphatic heterocycles. The van der Waals surface area contributed by atoms with E-state index in [1.165, 1.54) is 7.05 Å². The molecule has 15 heavy (non-hydrogen) atoms. The summed E-state index contributed by atoms with van der Waals surface area (Å²) in [4.78, 5) is 37.3. The van der Waals surface area contributed by atoms with Gasteiger partial charge < -0.3 is 5.73 Å². The summed E-state index contributed by atoms with van der Waals surface area (Å²) in [6.07, 6.45) is 1.09. The van der Waals surface area contributed by atoms with E-state index in [-0.39, 0.29) is 24.9 Å². The van der Waals surface area contributed by atoms with Crippen molar-refractivity contribution in [2.24, 2.45) is 11.1 Å². The Balaban J connectivity index is 2.31. The van der Waals surface area contributed by atoms with Crippen molar-refractivity contribution in [1.82, 2.24) is 9.80 Å². The lowest BCUT2D eigenvalue weighted by molar-refractivity contribution is -0.150. The summed E-state index contributed by atoms with van der Waals surface area (Å²) in [5.74, 6) is -0.744. The van der Waals surface area contributed by atoms with E-state index in [4.69, 9.17) is 5.73 Å². The molecule has 0 aromatic rings. The fourth-order valence-electron chi connectivity index (χ4n) is 1.90. The molecule has 2 N–H and O–H groups in total. The molecule has 1 aliphatic carbocycles. The molecule has 1 saturated carbocycles. The summed E-state index contributed by atoms with van der Waals surface area (Å²) in [7, 11) is 1.40. The Morgan fingerprint density at radius 2 is 1.87 bits per heavy atom. The predicted octanol–water partition coefficient (Wildman–Crippen LogP) is -0.854. The van der Waals surface area contributed by atoms with Crippen molar-refractivity contribution >= 4 is 17.8 Å². The normalized spacial score (nSPS) is 24.0. The SMILES string of the molecule is CN1C(=O)N(CCN)C(=O)C2(CC2)C1=O. The zero-order valence-electron chi connectivity index (χ0n) is 8.52. The second kappa shape index (κ2) is 3.03. The van der Waals surface area contributed by atoms with Gasteiger partial charge in [-0.1, -0.05) is 0 Å². The van der Waals surface area contributed by atoms with Crippen LogP contribution in [0.5, 0.6) is 0 Å². The van der Waals surface area contributed by atoms with Crippen LogP contribution >= 0.6 is 0 Å². The molecular weight excluding hydrogens is 198 g/mol. The third kappa shape index (κ3) is 1.18. The maximum atomic E-state index is 11.9. The van der Waals surface area contributed by atoms with Gasteiger partial charge in [0, 0.05) is 20.1 Å². The minimum absolute atomic E-state index is 0.178. The number of urea groups is 1. The molecule has 82 valence electrons. The molecule has 1 spiro atoms. The molecule has 0 aromatic heterocycles. The Bertz CT molecular complexity index is 349. The fraction of sp³-hybridized carbons (Fsp3) is 0.667. The van der Waals surface area contributed by atoms with E-state index < -0.39 is 11.4 Å². The van der Waals surface area contributed by atoms with Crippen molar-refractivity contribution in [3.8, 4) is 0 Å². The molecule has 6 nitrogen and oxygen atoms in total. The number of nitrogens with zero attached hydrogens (tertiary/aromatic N) is 2. The Hall–Kier alpha value is -1.43. The lowest BCUT2D eigenvalue weighted by atomic mass is 10.0. The van der Waals surface area contributed by atoms with E-state index in [2.05, 4.69) is 0 Å². The van der Waals surface area contributed by atoms with Crippen LogP contribution in [-0.4, -0.2) is 47.8 Å². The number of imide groups is 2. The first-order valence-electron chi connectivity index (χ1n) is 4.89. The number of amides is 4. The molecule has 0 aromatic carbocycles. The number of carbonyl (C=O) groups excluding carboxylic acids is 3. The number of hydrogen-bond donors (Lipinski definition) is 1. The Morgan fingerprint density at radius 3 is 2.33 bits per heavy atom. The van der Waals surface area contributed by atoms with Crippen molar-refractivity contribution in [1.29, 1.82) is 0 Å². The highest BCUT2D eigenvalue weighted by Gasteiger charge is 2.63. The zero-order chi connectivity index (χ0) is 11.2. The summed E-state index contributed by atoms with van der Waals surface area (Å²) in [6, 6.07) is -0.562. The first-order chi connectivity index (χ1) is 7.04. The highest BCUT2D eigenvalue weighted by Crippen LogP contribution is 2.50. The molecule has 2 aliphatic rings. The minimum Gasteiger partial charge on any atom is -0.329 e. The Labute approximate surface area is 87.0 Å². The predicted molar refractivity (Wildman–Crippen MR) is 50.6 cm³/mol. The summed E-state index contributed by atoms with van der Waals surface area (Å²) in [5, 5.41) is 0. The molecule has 4 amide bonds. The topological polar surface area (TPSA) is 83.7 Å². The molecule has 0 atom stereocenters. The molecule has 6 heteroatoms. The van der Waals surface area contributed by atoms with Crippen LogP contribution in [0, 0.1) is 5.41 Å². The van der Waals surface area contributed by atoms with Crippen molar-refractivity contribution in [2.45, 2.75) is 12.8 Å². The molecule has 0 unspecified atom stereocenters. The van der Waals surface area contributed by atoms with Gasteiger partial charge in [0.15, 0.2) is 0 Å². The van der Waals surface area contributed by atoms with Crippen molar-refractivity contribution < 1.29 is 14.4 Å². The average molecular weight is 211 g/mol. The van der Waals surface area contributed by atoms with Gasteiger partial charge in [0.25, 0.3) is 0 Å². The highest BCUT2D eigenvalue weighted by molar-refractivity contribution is 6.20. The van der Waals surface area contributed by atoms with Crippen molar-refractivity contribution in [3.63, 3.8) is 0 Å². The molecule has 2 rings (SSSR count). The maximum Gasteiger partial charge on any atom is 0.333 e. The minimum atomic E-state index is -0.933. The first kappa shape index (κ1) is 10.1. The summed E-state index contributed by atoms with van der Waals surface area (Å²) in [5.41, 5.74) is 4.39. The van der Waals surface area contributed by atoms with Crippen LogP contribution in [0.3, 0.4) is 0 Å². The number of nitrogens with two attached hydrogens (primary N) is 1. The maximum absolute atomic E-state index is 11.9. The van der Waals surface area contributed by atoms with Crippen molar-refractivity contribution in [2.75, 3.05) is 20.1 Å². The van der Waals surface area contributed by atoms with Crippen LogP contribution in [-0.2, 0) is 9.59 Å². The molecule has 1 saturated heterocycles. The van der Waals surface area contributed by atoms with Gasteiger partial charge in [-0.2, -0.15) is 0 Å². The third-order valence-corrected chi connectivity index (χ3v) is 2.99. The second-order valence-electron chi connectivity index (χ2n) is 3.97. The van der Waals surface area contributed by atoms with Crippen LogP contribution in [0.15, 0.2) is 0 Å². The van der Waals surface area contributed by atoms with Gasteiger partial charge in [-0.15, -0.1) is 0 Å². The Morgan fingerprint density at radius 1 is 1.27 bits per heavy atom. The molecule has 2 fully saturated rings. The monoisotopic (exact) mass is 211 g/mol. The van der Waals surface area contributed by atoms with E-state index in [1.807, 2.05) is 0 Å². The van der Waals surface area contributed by atoms with Gasteiger partial charge in [0.2, 0.25) is 11.8 Å². The zero-order valence-corrected chi connectivity index (χ0v) is 8.52. The van der Waals surface area contributed by atoms with Gasteiger partial charge in [-0.05, 0) is 12.8 Å². The van der Waals surface area contributed by atoms with Gasteiger partial charge in [-0.3, -0.25) is 19.4 Å². The quantitative estimate of drug-likeness (QED) is 0.603. The van der Waals surface area contributed by atoms with E-state index in [9.17, 15) is 14.4 Å². The Kier molecular flexibility index (Phi) is 2.04. The lowest BCUT2D eigenvalue weighted by Crippen LogP contribution is -2.60. The van der Waals surface area contributed by atoms with Gasteiger partial charge >= 0.3 is 6.03 Å². The third-order valence-electron chi connectivity index (χ3n) is 2.99. The van der Waals surface area contributed by atoms with E-state index >= 15 is 0 Å². The smallest absolute Gasteiger partial charge is 0.329 e. The van der Waals surface area contributed by atoms with Crippen LogP contribution in [0.4, 0.5) is 4.79 Å². The van der Waals surface area contributed by atoms with Crippen molar-refractivity contribution in [3.05, 3.63) is 0 Å². The summed E-state index contributed by atoms with van der Waals surface area (Å²) >= 11 is 0. The number of carbonyl (C=O) groups is 3. The van der Waals surface area contributed by atoms with E-state index in [1.54, 1.807) is 0 Å². The molecule has 1 heterocycles. The van der Waals surface area contributed by atoms with Crippen LogP contribution in [0.25, 0.3) is 0 Å². The van der Waals surface area contributed by atoms with Gasteiger partial charge in [0.05, 0.1) is 0 Å². The van der Waals surface area contributed by atoms with E-state index in [0.717, 1.165) is 9.80 Å². The number of hydrogen-bond acceptors (Lipinski definition) is 4. The van der Waals surface area contributed by atoms with E-state index in [0.29, 0.717) is 12.8 Å². The molecule has 0 bridgehead atoms. The fourth-order valence-corrected chi connectivity index (χ4v) is 1.90. The number of rotatable bonds is 2. The van der Waals surface area contributed by atoms with Crippen LogP contribution < -0.4 is 5.73 Å².